The molecule has 4 nitrogen and oxygen atoms in total. The third-order valence-corrected chi connectivity index (χ3v) is 4.83. The van der Waals surface area contributed by atoms with Crippen LogP contribution >= 0.6 is 35.4 Å². The number of thiocarbonyl (C=S) groups is 1. The Morgan fingerprint density at radius 3 is 2.67 bits per heavy atom. The molecule has 1 heterocycles. The van der Waals surface area contributed by atoms with Gasteiger partial charge in [-0.05, 0) is 60.1 Å². The Hall–Kier alpha value is -1.82. The number of nitrogens with zero attached hydrogens (tertiary/aromatic N) is 1. The maximum absolute atomic E-state index is 11.0. The summed E-state index contributed by atoms with van der Waals surface area (Å²) >= 11 is 17.5. The molecule has 0 aromatic heterocycles. The third kappa shape index (κ3) is 3.64. The zero-order chi connectivity index (χ0) is 17.3. The minimum absolute atomic E-state index is 0.0666. The van der Waals surface area contributed by atoms with Crippen LogP contribution in [0.4, 0.5) is 5.69 Å². The number of carboxylic acids is 1. The van der Waals surface area contributed by atoms with Crippen LogP contribution in [0.5, 0.6) is 0 Å². The Kier molecular flexibility index (Phi) is 4.94. The second-order valence-corrected chi connectivity index (χ2v) is 6.74. The predicted molar refractivity (Wildman–Crippen MR) is 100 cm³/mol. The van der Waals surface area contributed by atoms with Crippen LogP contribution in [0.15, 0.2) is 36.4 Å². The molecule has 24 heavy (non-hydrogen) atoms. The highest BCUT2D eigenvalue weighted by Crippen LogP contribution is 2.24. The van der Waals surface area contributed by atoms with Gasteiger partial charge in [-0.1, -0.05) is 29.3 Å². The van der Waals surface area contributed by atoms with Crippen LogP contribution in [0, 0.1) is 0 Å². The van der Waals surface area contributed by atoms with E-state index in [2.05, 4.69) is 10.2 Å². The van der Waals surface area contributed by atoms with E-state index in [1.807, 2.05) is 18.2 Å². The summed E-state index contributed by atoms with van der Waals surface area (Å²) in [5, 5.41) is 13.6. The van der Waals surface area contributed by atoms with Gasteiger partial charge in [0.15, 0.2) is 5.11 Å². The van der Waals surface area contributed by atoms with E-state index in [1.54, 1.807) is 12.1 Å². The molecule has 0 bridgehead atoms. The standard InChI is InChI=1S/C17H14Cl2N2O2S/c18-12-2-1-11-9-21(6-5-10(11)7-12)17(24)20-13-3-4-14(16(22)23)15(19)8-13/h1-4,7-8H,5-6,9H2,(H,20,24)(H,22,23). The van der Waals surface area contributed by atoms with Gasteiger partial charge in [0.2, 0.25) is 0 Å². The second-order valence-electron chi connectivity index (χ2n) is 5.51. The normalized spacial score (nSPS) is 13.3. The van der Waals surface area contributed by atoms with Crippen molar-refractivity contribution in [2.75, 3.05) is 11.9 Å². The minimum Gasteiger partial charge on any atom is -0.478 e. The first-order chi connectivity index (χ1) is 11.4. The first-order valence-corrected chi connectivity index (χ1v) is 8.46. The van der Waals surface area contributed by atoms with Crippen molar-refractivity contribution in [3.63, 3.8) is 0 Å². The van der Waals surface area contributed by atoms with Crippen molar-refractivity contribution >= 4 is 52.2 Å². The molecule has 2 aromatic rings. The van der Waals surface area contributed by atoms with Crippen molar-refractivity contribution in [2.45, 2.75) is 13.0 Å². The number of aromatic carboxylic acids is 1. The smallest absolute Gasteiger partial charge is 0.337 e. The highest BCUT2D eigenvalue weighted by atomic mass is 35.5. The Morgan fingerprint density at radius 1 is 1.17 bits per heavy atom. The van der Waals surface area contributed by atoms with Gasteiger partial charge in [-0.2, -0.15) is 0 Å². The van der Waals surface area contributed by atoms with Crippen LogP contribution in [0.2, 0.25) is 10.0 Å². The number of nitrogens with one attached hydrogen (secondary N) is 1. The van der Waals surface area contributed by atoms with E-state index < -0.39 is 5.97 Å². The van der Waals surface area contributed by atoms with Gasteiger partial charge in [-0.15, -0.1) is 0 Å². The largest absolute Gasteiger partial charge is 0.478 e. The second kappa shape index (κ2) is 6.97. The minimum atomic E-state index is -1.06. The zero-order valence-corrected chi connectivity index (χ0v) is 14.9. The van der Waals surface area contributed by atoms with Gasteiger partial charge in [0.1, 0.15) is 0 Å². The first kappa shape index (κ1) is 17.0. The van der Waals surface area contributed by atoms with Crippen molar-refractivity contribution in [3.05, 3.63) is 63.1 Å². The number of fused-ring (bicyclic) bond motifs is 1. The van der Waals surface area contributed by atoms with Crippen LogP contribution in [0.3, 0.4) is 0 Å². The zero-order valence-electron chi connectivity index (χ0n) is 12.6. The molecule has 0 unspecified atom stereocenters. The number of benzene rings is 2. The van der Waals surface area contributed by atoms with Gasteiger partial charge < -0.3 is 15.3 Å². The van der Waals surface area contributed by atoms with Crippen molar-refractivity contribution in [1.82, 2.24) is 4.90 Å². The van der Waals surface area contributed by atoms with E-state index in [9.17, 15) is 4.79 Å². The molecule has 0 aliphatic carbocycles. The van der Waals surface area contributed by atoms with Crippen LogP contribution in [0.1, 0.15) is 21.5 Å². The lowest BCUT2D eigenvalue weighted by atomic mass is 10.0. The monoisotopic (exact) mass is 380 g/mol. The molecule has 0 spiro atoms. The van der Waals surface area contributed by atoms with E-state index in [-0.39, 0.29) is 10.6 Å². The molecule has 124 valence electrons. The maximum Gasteiger partial charge on any atom is 0.337 e. The van der Waals surface area contributed by atoms with E-state index in [0.29, 0.717) is 17.3 Å². The fourth-order valence-electron chi connectivity index (χ4n) is 2.66. The van der Waals surface area contributed by atoms with Crippen molar-refractivity contribution in [2.24, 2.45) is 0 Å². The third-order valence-electron chi connectivity index (χ3n) is 3.92. The lowest BCUT2D eigenvalue weighted by molar-refractivity contribution is 0.0697. The fourth-order valence-corrected chi connectivity index (χ4v) is 3.39. The van der Waals surface area contributed by atoms with Gasteiger partial charge in [0.25, 0.3) is 0 Å². The highest BCUT2D eigenvalue weighted by Gasteiger charge is 2.19. The fraction of sp³-hybridized carbons (Fsp3) is 0.176. The number of hydrogen-bond acceptors (Lipinski definition) is 2. The van der Waals surface area contributed by atoms with Crippen molar-refractivity contribution in [1.29, 1.82) is 0 Å². The molecule has 1 aliphatic heterocycles. The predicted octanol–water partition coefficient (Wildman–Crippen LogP) is 4.45. The molecule has 0 saturated heterocycles. The lowest BCUT2D eigenvalue weighted by Crippen LogP contribution is -2.38. The summed E-state index contributed by atoms with van der Waals surface area (Å²) in [4.78, 5) is 13.1. The molecule has 1 aliphatic rings. The van der Waals surface area contributed by atoms with E-state index in [0.717, 1.165) is 18.0 Å². The van der Waals surface area contributed by atoms with Gasteiger partial charge in [-0.25, -0.2) is 4.79 Å². The Morgan fingerprint density at radius 2 is 1.96 bits per heavy atom. The van der Waals surface area contributed by atoms with Gasteiger partial charge >= 0.3 is 5.97 Å². The number of halogens is 2. The number of anilines is 1. The molecule has 0 radical (unpaired) electrons. The van der Waals surface area contributed by atoms with E-state index in [1.165, 1.54) is 17.2 Å². The lowest BCUT2D eigenvalue weighted by Gasteiger charge is -2.31. The summed E-state index contributed by atoms with van der Waals surface area (Å²) in [6, 6.07) is 10.6. The molecule has 2 N–H and O–H groups in total. The average molecular weight is 381 g/mol. The molecule has 7 heteroatoms. The summed E-state index contributed by atoms with van der Waals surface area (Å²) < 4.78 is 0. The summed E-state index contributed by atoms with van der Waals surface area (Å²) in [7, 11) is 0. The quantitative estimate of drug-likeness (QED) is 0.753. The number of rotatable bonds is 2. The Labute approximate surface area is 155 Å². The molecule has 0 atom stereocenters. The number of hydrogen-bond donors (Lipinski definition) is 2. The average Bonchev–Trinajstić information content (AvgIpc) is 2.54. The van der Waals surface area contributed by atoms with Crippen LogP contribution in [-0.2, 0) is 13.0 Å². The van der Waals surface area contributed by atoms with Crippen LogP contribution in [0.25, 0.3) is 0 Å². The van der Waals surface area contributed by atoms with E-state index in [4.69, 9.17) is 40.5 Å². The topological polar surface area (TPSA) is 52.6 Å². The highest BCUT2D eigenvalue weighted by molar-refractivity contribution is 7.80. The summed E-state index contributed by atoms with van der Waals surface area (Å²) in [5.74, 6) is -1.06. The van der Waals surface area contributed by atoms with Crippen molar-refractivity contribution in [3.8, 4) is 0 Å². The van der Waals surface area contributed by atoms with Crippen LogP contribution in [-0.4, -0.2) is 27.6 Å². The van der Waals surface area contributed by atoms with Crippen molar-refractivity contribution < 1.29 is 9.90 Å². The molecule has 2 aromatic carbocycles. The Bertz CT molecular complexity index is 826. The van der Waals surface area contributed by atoms with Gasteiger partial charge in [0.05, 0.1) is 10.6 Å². The molecular weight excluding hydrogens is 367 g/mol. The maximum atomic E-state index is 11.0. The molecule has 0 saturated carbocycles. The first-order valence-electron chi connectivity index (χ1n) is 7.30. The molecule has 0 amide bonds. The molecular formula is C17H14Cl2N2O2S. The number of carboxylic acid groups (broad SMARTS) is 1. The summed E-state index contributed by atoms with van der Waals surface area (Å²) in [6.07, 6.45) is 0.871. The Balaban J connectivity index is 1.71. The van der Waals surface area contributed by atoms with Crippen LogP contribution < -0.4 is 5.32 Å². The van der Waals surface area contributed by atoms with E-state index >= 15 is 0 Å². The SMILES string of the molecule is O=C(O)c1ccc(NC(=S)N2CCc3cc(Cl)ccc3C2)cc1Cl. The number of carbonyl (C=O) groups is 1. The summed E-state index contributed by atoms with van der Waals surface area (Å²) in [6.45, 7) is 1.50. The summed E-state index contributed by atoms with van der Waals surface area (Å²) in [5.41, 5.74) is 3.18. The van der Waals surface area contributed by atoms with Gasteiger partial charge in [0, 0.05) is 23.8 Å². The van der Waals surface area contributed by atoms with Gasteiger partial charge in [-0.3, -0.25) is 0 Å². The molecule has 0 fully saturated rings. The molecule has 3 rings (SSSR count).